The summed E-state index contributed by atoms with van der Waals surface area (Å²) >= 11 is 0. The third kappa shape index (κ3) is 2.62. The van der Waals surface area contributed by atoms with Gasteiger partial charge >= 0.3 is 0 Å². The van der Waals surface area contributed by atoms with E-state index >= 15 is 0 Å². The average molecular weight is 258 g/mol. The maximum absolute atomic E-state index is 6.04. The number of nitrogens with zero attached hydrogens (tertiary/aromatic N) is 3. The second-order valence-corrected chi connectivity index (χ2v) is 4.97. The van der Waals surface area contributed by atoms with Crippen molar-refractivity contribution < 1.29 is 0 Å². The molecule has 4 heteroatoms. The van der Waals surface area contributed by atoms with Crippen LogP contribution in [0.1, 0.15) is 39.7 Å². The summed E-state index contributed by atoms with van der Waals surface area (Å²) in [6, 6.07) is 2.24. The van der Waals surface area contributed by atoms with Crippen molar-refractivity contribution in [3.63, 3.8) is 0 Å². The van der Waals surface area contributed by atoms with Gasteiger partial charge in [-0.1, -0.05) is 26.7 Å². The molecule has 1 unspecified atom stereocenters. The van der Waals surface area contributed by atoms with E-state index < -0.39 is 0 Å². The van der Waals surface area contributed by atoms with Crippen LogP contribution in [-0.2, 0) is 0 Å². The highest BCUT2D eigenvalue weighted by molar-refractivity contribution is 5.72. The molecule has 4 nitrogen and oxygen atoms in total. The highest BCUT2D eigenvalue weighted by atomic mass is 15.1. The summed E-state index contributed by atoms with van der Waals surface area (Å²) in [6.45, 7) is 6.72. The largest absolute Gasteiger partial charge is 0.398 e. The van der Waals surface area contributed by atoms with E-state index in [-0.39, 0.29) is 0 Å². The highest BCUT2D eigenvalue weighted by Crippen LogP contribution is 2.31. The van der Waals surface area contributed by atoms with Crippen molar-refractivity contribution in [3.8, 4) is 11.3 Å². The molecule has 2 aromatic heterocycles. The minimum absolute atomic E-state index is 0.409. The first-order valence-corrected chi connectivity index (χ1v) is 6.90. The predicted octanol–water partition coefficient (Wildman–Crippen LogP) is 3.52. The molecule has 19 heavy (non-hydrogen) atoms. The number of nitrogens with two attached hydrogens (primary N) is 1. The second kappa shape index (κ2) is 5.87. The molecule has 0 saturated heterocycles. The monoisotopic (exact) mass is 258 g/mol. The summed E-state index contributed by atoms with van der Waals surface area (Å²) in [5.41, 5.74) is 8.79. The van der Waals surface area contributed by atoms with E-state index in [0.29, 0.717) is 12.0 Å². The van der Waals surface area contributed by atoms with E-state index in [4.69, 9.17) is 5.73 Å². The van der Waals surface area contributed by atoms with Gasteiger partial charge in [-0.3, -0.25) is 4.98 Å². The first-order valence-electron chi connectivity index (χ1n) is 6.90. The Morgan fingerprint density at radius 3 is 2.58 bits per heavy atom. The van der Waals surface area contributed by atoms with Crippen molar-refractivity contribution in [3.05, 3.63) is 31.0 Å². The van der Waals surface area contributed by atoms with Crippen molar-refractivity contribution in [2.24, 2.45) is 5.92 Å². The van der Waals surface area contributed by atoms with Gasteiger partial charge in [0.05, 0.1) is 18.2 Å². The average Bonchev–Trinajstić information content (AvgIpc) is 2.89. The van der Waals surface area contributed by atoms with Crippen LogP contribution in [-0.4, -0.2) is 14.5 Å². The molecular weight excluding hydrogens is 236 g/mol. The standard InChI is InChI=1S/C15H22N4/c1-4-12(5-2)11(3)19-10-18-9-15(19)13-8-17-7-6-14(13)16/h6-12H,4-5H2,1-3H3,(H2,16,17). The van der Waals surface area contributed by atoms with E-state index in [2.05, 4.69) is 35.3 Å². The van der Waals surface area contributed by atoms with Gasteiger partial charge in [0.1, 0.15) is 0 Å². The fraction of sp³-hybridized carbons (Fsp3) is 0.467. The molecule has 0 aliphatic rings. The fourth-order valence-corrected chi connectivity index (χ4v) is 2.66. The molecule has 0 aliphatic carbocycles. The van der Waals surface area contributed by atoms with Crippen LogP contribution in [0.2, 0.25) is 0 Å². The van der Waals surface area contributed by atoms with Gasteiger partial charge in [0.25, 0.3) is 0 Å². The molecule has 0 amide bonds. The number of hydrogen-bond acceptors (Lipinski definition) is 3. The maximum Gasteiger partial charge on any atom is 0.0953 e. The first-order chi connectivity index (χ1) is 9.19. The summed E-state index contributed by atoms with van der Waals surface area (Å²) in [6.07, 6.45) is 9.61. The molecule has 2 rings (SSSR count). The third-order valence-electron chi connectivity index (χ3n) is 3.97. The normalized spacial score (nSPS) is 12.8. The Balaban J connectivity index is 2.40. The highest BCUT2D eigenvalue weighted by Gasteiger charge is 2.19. The lowest BCUT2D eigenvalue weighted by Gasteiger charge is -2.24. The Morgan fingerprint density at radius 1 is 1.21 bits per heavy atom. The Hall–Kier alpha value is -1.84. The van der Waals surface area contributed by atoms with E-state index in [9.17, 15) is 0 Å². The Bertz CT molecular complexity index is 528. The van der Waals surface area contributed by atoms with Crippen LogP contribution in [0.3, 0.4) is 0 Å². The Kier molecular flexibility index (Phi) is 4.20. The van der Waals surface area contributed by atoms with Gasteiger partial charge in [-0.2, -0.15) is 0 Å². The van der Waals surface area contributed by atoms with Gasteiger partial charge < -0.3 is 10.3 Å². The van der Waals surface area contributed by atoms with Gasteiger partial charge in [0.15, 0.2) is 0 Å². The summed E-state index contributed by atoms with van der Waals surface area (Å²) in [5.74, 6) is 0.644. The Labute approximate surface area is 114 Å². The van der Waals surface area contributed by atoms with Crippen LogP contribution in [0.4, 0.5) is 5.69 Å². The molecule has 0 fully saturated rings. The van der Waals surface area contributed by atoms with Gasteiger partial charge in [-0.25, -0.2) is 4.98 Å². The third-order valence-corrected chi connectivity index (χ3v) is 3.97. The SMILES string of the molecule is CCC(CC)C(C)n1cncc1-c1cnccc1N. The van der Waals surface area contributed by atoms with E-state index in [1.807, 2.05) is 24.8 Å². The van der Waals surface area contributed by atoms with Gasteiger partial charge in [-0.15, -0.1) is 0 Å². The van der Waals surface area contributed by atoms with E-state index in [1.54, 1.807) is 6.20 Å². The number of aromatic nitrogens is 3. The minimum atomic E-state index is 0.409. The lowest BCUT2D eigenvalue weighted by molar-refractivity contribution is 0.335. The molecular formula is C15H22N4. The van der Waals surface area contributed by atoms with Gasteiger partial charge in [-0.05, 0) is 18.9 Å². The molecule has 2 N–H and O–H groups in total. The number of rotatable bonds is 5. The number of hydrogen-bond donors (Lipinski definition) is 1. The van der Waals surface area contributed by atoms with Crippen molar-refractivity contribution in [2.75, 3.05) is 5.73 Å². The predicted molar refractivity (Wildman–Crippen MR) is 78.7 cm³/mol. The van der Waals surface area contributed by atoms with Crippen LogP contribution in [0.25, 0.3) is 11.3 Å². The first kappa shape index (κ1) is 13.6. The lowest BCUT2D eigenvalue weighted by atomic mass is 9.95. The van der Waals surface area contributed by atoms with E-state index in [0.717, 1.165) is 29.8 Å². The fourth-order valence-electron chi connectivity index (χ4n) is 2.66. The molecule has 0 bridgehead atoms. The zero-order chi connectivity index (χ0) is 13.8. The van der Waals surface area contributed by atoms with Gasteiger partial charge in [0.2, 0.25) is 0 Å². The quantitative estimate of drug-likeness (QED) is 0.892. The van der Waals surface area contributed by atoms with Gasteiger partial charge in [0, 0.05) is 29.7 Å². The number of anilines is 1. The van der Waals surface area contributed by atoms with Crippen molar-refractivity contribution in [1.82, 2.24) is 14.5 Å². The lowest BCUT2D eigenvalue weighted by Crippen LogP contribution is -2.16. The molecule has 102 valence electrons. The molecule has 1 atom stereocenters. The molecule has 0 saturated carbocycles. The zero-order valence-electron chi connectivity index (χ0n) is 11.9. The summed E-state index contributed by atoms with van der Waals surface area (Å²) in [4.78, 5) is 8.46. The summed E-state index contributed by atoms with van der Waals surface area (Å²) < 4.78 is 2.21. The van der Waals surface area contributed by atoms with Crippen LogP contribution in [0, 0.1) is 5.92 Å². The smallest absolute Gasteiger partial charge is 0.0953 e. The number of nitrogen functional groups attached to an aromatic ring is 1. The van der Waals surface area contributed by atoms with Crippen molar-refractivity contribution in [1.29, 1.82) is 0 Å². The maximum atomic E-state index is 6.04. The van der Waals surface area contributed by atoms with E-state index in [1.165, 1.54) is 0 Å². The second-order valence-electron chi connectivity index (χ2n) is 4.97. The Morgan fingerprint density at radius 2 is 1.95 bits per heavy atom. The summed E-state index contributed by atoms with van der Waals surface area (Å²) in [7, 11) is 0. The number of imidazole rings is 1. The summed E-state index contributed by atoms with van der Waals surface area (Å²) in [5, 5.41) is 0. The van der Waals surface area contributed by atoms with Crippen molar-refractivity contribution in [2.45, 2.75) is 39.7 Å². The molecule has 0 aliphatic heterocycles. The molecule has 0 radical (unpaired) electrons. The van der Waals surface area contributed by atoms with Crippen LogP contribution in [0.5, 0.6) is 0 Å². The molecule has 2 heterocycles. The number of pyridine rings is 1. The van der Waals surface area contributed by atoms with Crippen molar-refractivity contribution >= 4 is 5.69 Å². The van der Waals surface area contributed by atoms with Crippen LogP contribution < -0.4 is 5.73 Å². The minimum Gasteiger partial charge on any atom is -0.398 e. The topological polar surface area (TPSA) is 56.7 Å². The molecule has 0 spiro atoms. The zero-order valence-corrected chi connectivity index (χ0v) is 11.9. The molecule has 0 aromatic carbocycles. The molecule has 2 aromatic rings. The van der Waals surface area contributed by atoms with Crippen LogP contribution >= 0.6 is 0 Å². The van der Waals surface area contributed by atoms with Crippen LogP contribution in [0.15, 0.2) is 31.0 Å².